The van der Waals surface area contributed by atoms with E-state index in [0.29, 0.717) is 37.1 Å². The van der Waals surface area contributed by atoms with Gasteiger partial charge in [-0.25, -0.2) is 4.79 Å². The maximum absolute atomic E-state index is 12.1. The van der Waals surface area contributed by atoms with Gasteiger partial charge in [0.1, 0.15) is 0 Å². The number of rotatable bonds is 4. The molecular weight excluding hydrogens is 398 g/mol. The van der Waals surface area contributed by atoms with E-state index in [-0.39, 0.29) is 6.09 Å². The van der Waals surface area contributed by atoms with Gasteiger partial charge in [-0.15, -0.1) is 0 Å². The molecule has 2 heterocycles. The minimum Gasteiger partial charge on any atom is -0.449 e. The molecule has 0 saturated carbocycles. The number of fused-ring (bicyclic) bond motifs is 1. The molecule has 26 heavy (non-hydrogen) atoms. The normalized spacial score (nSPS) is 15.6. The van der Waals surface area contributed by atoms with Crippen molar-refractivity contribution in [2.75, 3.05) is 19.7 Å². The fraction of sp³-hybridized carbons (Fsp3) is 0.474. The van der Waals surface area contributed by atoms with Crippen LogP contribution in [-0.2, 0) is 4.74 Å². The van der Waals surface area contributed by atoms with Gasteiger partial charge in [-0.1, -0.05) is 29.8 Å². The molecule has 0 spiro atoms. The van der Waals surface area contributed by atoms with Crippen LogP contribution in [0.1, 0.15) is 48.5 Å². The topological polar surface area (TPSA) is 88.4 Å². The molecule has 1 saturated heterocycles. The highest BCUT2D eigenvalue weighted by Crippen LogP contribution is 2.35. The highest BCUT2D eigenvalue weighted by atomic mass is 79.9. The van der Waals surface area contributed by atoms with E-state index in [1.807, 2.05) is 26.1 Å². The molecular formula is C19H24BrN3O3. The summed E-state index contributed by atoms with van der Waals surface area (Å²) in [6, 6.07) is 3.75. The fourth-order valence-corrected chi connectivity index (χ4v) is 3.91. The Morgan fingerprint density at radius 2 is 2.04 bits per heavy atom. The van der Waals surface area contributed by atoms with Crippen molar-refractivity contribution in [3.8, 4) is 0 Å². The van der Waals surface area contributed by atoms with Gasteiger partial charge in [0.2, 0.25) is 0 Å². The minimum atomic E-state index is -0.451. The largest absolute Gasteiger partial charge is 0.449 e. The number of primary amides is 1. The van der Waals surface area contributed by atoms with Gasteiger partial charge in [-0.3, -0.25) is 4.79 Å². The molecule has 3 rings (SSSR count). The second-order valence-electron chi connectivity index (χ2n) is 7.22. The van der Waals surface area contributed by atoms with Gasteiger partial charge in [0.05, 0.1) is 17.7 Å². The number of benzene rings is 1. The molecule has 1 aromatic carbocycles. The van der Waals surface area contributed by atoms with E-state index in [1.165, 1.54) is 5.56 Å². The molecule has 0 aliphatic carbocycles. The SMILES string of the molecule is CC(C)COC(=O)N1CCC(c2c[nH]c3c(C(N)=O)cc(Br)cc23)CC1. The average molecular weight is 422 g/mol. The second kappa shape index (κ2) is 7.70. The lowest BCUT2D eigenvalue weighted by molar-refractivity contribution is 0.0834. The van der Waals surface area contributed by atoms with Crippen LogP contribution in [0.3, 0.4) is 0 Å². The molecule has 140 valence electrons. The van der Waals surface area contributed by atoms with E-state index in [1.54, 1.807) is 11.0 Å². The maximum Gasteiger partial charge on any atom is 0.409 e. The third-order valence-corrected chi connectivity index (χ3v) is 5.24. The van der Waals surface area contributed by atoms with E-state index in [4.69, 9.17) is 10.5 Å². The standard InChI is InChI=1S/C19H24BrN3O3/c1-11(2)10-26-19(25)23-5-3-12(4-6-23)16-9-22-17-14(16)7-13(20)8-15(17)18(21)24/h7-9,11-12,22H,3-6,10H2,1-2H3,(H2,21,24). The van der Waals surface area contributed by atoms with Gasteiger partial charge >= 0.3 is 6.09 Å². The van der Waals surface area contributed by atoms with Crippen LogP contribution in [0.15, 0.2) is 22.8 Å². The van der Waals surface area contributed by atoms with Gasteiger partial charge in [0, 0.05) is 29.1 Å². The van der Waals surface area contributed by atoms with Crippen molar-refractivity contribution < 1.29 is 14.3 Å². The number of nitrogens with one attached hydrogen (secondary N) is 1. The van der Waals surface area contributed by atoms with E-state index in [0.717, 1.165) is 28.2 Å². The summed E-state index contributed by atoms with van der Waals surface area (Å²) < 4.78 is 6.15. The number of likely N-dealkylation sites (tertiary alicyclic amines) is 1. The third-order valence-electron chi connectivity index (χ3n) is 4.78. The number of hydrogen-bond acceptors (Lipinski definition) is 3. The predicted molar refractivity (Wildman–Crippen MR) is 104 cm³/mol. The molecule has 3 N–H and O–H groups in total. The Hall–Kier alpha value is -2.02. The number of amides is 2. The zero-order chi connectivity index (χ0) is 18.8. The number of piperidine rings is 1. The molecule has 1 aliphatic rings. The first kappa shape index (κ1) is 18.8. The highest BCUT2D eigenvalue weighted by molar-refractivity contribution is 9.10. The van der Waals surface area contributed by atoms with E-state index in [2.05, 4.69) is 20.9 Å². The number of ether oxygens (including phenoxy) is 1. The van der Waals surface area contributed by atoms with Gasteiger partial charge in [-0.05, 0) is 42.4 Å². The van der Waals surface area contributed by atoms with Gasteiger partial charge in [0.25, 0.3) is 5.91 Å². The molecule has 1 fully saturated rings. The monoisotopic (exact) mass is 421 g/mol. The molecule has 0 radical (unpaired) electrons. The number of carbonyl (C=O) groups is 2. The predicted octanol–water partition coefficient (Wildman–Crippen LogP) is 4.00. The summed E-state index contributed by atoms with van der Waals surface area (Å²) in [5.74, 6) is 0.209. The number of aromatic nitrogens is 1. The quantitative estimate of drug-likeness (QED) is 0.781. The number of aromatic amines is 1. The molecule has 6 nitrogen and oxygen atoms in total. The van der Waals surface area contributed by atoms with Crippen molar-refractivity contribution >= 4 is 38.8 Å². The lowest BCUT2D eigenvalue weighted by Crippen LogP contribution is -2.38. The van der Waals surface area contributed by atoms with Crippen LogP contribution in [0, 0.1) is 5.92 Å². The Bertz CT molecular complexity index is 823. The number of halogens is 1. The fourth-order valence-electron chi connectivity index (χ4n) is 3.45. The Kier molecular flexibility index (Phi) is 5.55. The van der Waals surface area contributed by atoms with Crippen LogP contribution in [0.5, 0.6) is 0 Å². The molecule has 2 amide bonds. The van der Waals surface area contributed by atoms with Crippen LogP contribution in [-0.4, -0.2) is 41.6 Å². The molecule has 2 aromatic rings. The van der Waals surface area contributed by atoms with Crippen molar-refractivity contribution in [2.45, 2.75) is 32.6 Å². The Morgan fingerprint density at radius 3 is 2.65 bits per heavy atom. The van der Waals surface area contributed by atoms with Crippen LogP contribution in [0.25, 0.3) is 10.9 Å². The first-order valence-corrected chi connectivity index (χ1v) is 9.68. The first-order valence-electron chi connectivity index (χ1n) is 8.88. The summed E-state index contributed by atoms with van der Waals surface area (Å²) in [6.07, 6.45) is 3.46. The number of H-pyrrole nitrogens is 1. The van der Waals surface area contributed by atoms with Crippen molar-refractivity contribution in [3.05, 3.63) is 33.9 Å². The van der Waals surface area contributed by atoms with Gasteiger partial charge in [0.15, 0.2) is 0 Å². The number of nitrogens with two attached hydrogens (primary N) is 1. The van der Waals surface area contributed by atoms with Crippen LogP contribution in [0.4, 0.5) is 4.79 Å². The third kappa shape index (κ3) is 3.87. The molecule has 7 heteroatoms. The number of hydrogen-bond donors (Lipinski definition) is 2. The van der Waals surface area contributed by atoms with Crippen molar-refractivity contribution in [1.29, 1.82) is 0 Å². The maximum atomic E-state index is 12.1. The second-order valence-corrected chi connectivity index (χ2v) is 8.13. The van der Waals surface area contributed by atoms with Crippen molar-refractivity contribution in [2.24, 2.45) is 11.7 Å². The highest BCUT2D eigenvalue weighted by Gasteiger charge is 2.27. The average Bonchev–Trinajstić information content (AvgIpc) is 3.02. The van der Waals surface area contributed by atoms with Crippen LogP contribution >= 0.6 is 15.9 Å². The Balaban J connectivity index is 1.74. The number of carbonyl (C=O) groups excluding carboxylic acids is 2. The molecule has 0 atom stereocenters. The summed E-state index contributed by atoms with van der Waals surface area (Å²) >= 11 is 3.46. The van der Waals surface area contributed by atoms with Gasteiger partial charge < -0.3 is 20.4 Å². The molecule has 0 unspecified atom stereocenters. The summed E-state index contributed by atoms with van der Waals surface area (Å²) in [7, 11) is 0. The zero-order valence-corrected chi connectivity index (χ0v) is 16.6. The summed E-state index contributed by atoms with van der Waals surface area (Å²) in [4.78, 5) is 28.8. The van der Waals surface area contributed by atoms with Crippen molar-refractivity contribution in [1.82, 2.24) is 9.88 Å². The lowest BCUT2D eigenvalue weighted by Gasteiger charge is -2.31. The Morgan fingerprint density at radius 1 is 1.35 bits per heavy atom. The minimum absolute atomic E-state index is 0.227. The van der Waals surface area contributed by atoms with Crippen LogP contribution < -0.4 is 5.73 Å². The molecule has 1 aromatic heterocycles. The molecule has 1 aliphatic heterocycles. The summed E-state index contributed by atoms with van der Waals surface area (Å²) in [6.45, 7) is 5.84. The van der Waals surface area contributed by atoms with E-state index < -0.39 is 5.91 Å². The Labute approximate surface area is 161 Å². The lowest BCUT2D eigenvalue weighted by atomic mass is 9.89. The first-order chi connectivity index (χ1) is 12.4. The van der Waals surface area contributed by atoms with E-state index in [9.17, 15) is 9.59 Å². The molecule has 0 bridgehead atoms. The zero-order valence-electron chi connectivity index (χ0n) is 15.0. The number of nitrogens with zero attached hydrogens (tertiary/aromatic N) is 1. The summed E-state index contributed by atoms with van der Waals surface area (Å²) in [5.41, 5.74) is 7.92. The van der Waals surface area contributed by atoms with Crippen molar-refractivity contribution in [3.63, 3.8) is 0 Å². The van der Waals surface area contributed by atoms with E-state index >= 15 is 0 Å². The van der Waals surface area contributed by atoms with Gasteiger partial charge in [-0.2, -0.15) is 0 Å². The van der Waals surface area contributed by atoms with Crippen LogP contribution in [0.2, 0.25) is 0 Å². The smallest absolute Gasteiger partial charge is 0.409 e. The summed E-state index contributed by atoms with van der Waals surface area (Å²) in [5, 5.41) is 1.01.